The Bertz CT molecular complexity index is 969. The first-order valence-electron chi connectivity index (χ1n) is 21.0. The number of alkyl halides is 4. The maximum Gasteiger partial charge on any atom is 0.306 e. The summed E-state index contributed by atoms with van der Waals surface area (Å²) >= 11 is 0. The fourth-order valence-electron chi connectivity index (χ4n) is 5.94. The van der Waals surface area contributed by atoms with Crippen molar-refractivity contribution in [3.05, 3.63) is 24.3 Å². The largest absolute Gasteiger partial charge is 0.462 e. The lowest BCUT2D eigenvalue weighted by atomic mass is 10.0. The molecule has 2 unspecified atom stereocenters. The van der Waals surface area contributed by atoms with Crippen molar-refractivity contribution in [3.8, 4) is 0 Å². The van der Waals surface area contributed by atoms with Gasteiger partial charge in [0.1, 0.15) is 18.3 Å². The summed E-state index contributed by atoms with van der Waals surface area (Å²) in [6.45, 7) is 7.94. The van der Waals surface area contributed by atoms with E-state index in [1.54, 1.807) is 13.8 Å². The lowest BCUT2D eigenvalue weighted by Gasteiger charge is -2.18. The third-order valence-electron chi connectivity index (χ3n) is 9.18. The highest BCUT2D eigenvalue weighted by Crippen LogP contribution is 2.25. The van der Waals surface area contributed by atoms with Crippen molar-refractivity contribution in [2.24, 2.45) is 0 Å². The number of carbonyl (C=O) groups excluding carboxylic acids is 3. The van der Waals surface area contributed by atoms with Gasteiger partial charge >= 0.3 is 17.9 Å². The number of ether oxygens (including phenoxy) is 3. The molecule has 7 nitrogen and oxygen atoms in total. The van der Waals surface area contributed by atoms with Crippen molar-refractivity contribution in [2.75, 3.05) is 20.6 Å². The molecule has 0 spiro atoms. The fraction of sp³-hybridized carbons (Fsp3) is 0.837. The summed E-state index contributed by atoms with van der Waals surface area (Å²) < 4.78 is 72.2. The molecular weight excluding hydrogens is 702 g/mol. The first-order valence-corrected chi connectivity index (χ1v) is 21.0. The van der Waals surface area contributed by atoms with Gasteiger partial charge in [0.15, 0.2) is 0 Å². The van der Waals surface area contributed by atoms with Gasteiger partial charge in [-0.15, -0.1) is 0 Å². The molecule has 0 amide bonds. The number of hydrogen-bond donors (Lipinski definition) is 0. The number of rotatable bonds is 35. The predicted molar refractivity (Wildman–Crippen MR) is 210 cm³/mol. The number of allylic oxidation sites excluding steroid dienone is 2. The highest BCUT2D eigenvalue weighted by atomic mass is 19.3. The molecule has 0 aliphatic rings. The van der Waals surface area contributed by atoms with Crippen LogP contribution in [0.4, 0.5) is 17.6 Å². The van der Waals surface area contributed by atoms with Crippen molar-refractivity contribution in [1.29, 1.82) is 0 Å². The first kappa shape index (κ1) is 51.6. The second-order valence-electron chi connectivity index (χ2n) is 15.2. The molecule has 0 N–H and O–H groups in total. The second kappa shape index (κ2) is 31.7. The molecule has 54 heavy (non-hydrogen) atoms. The van der Waals surface area contributed by atoms with E-state index in [0.29, 0.717) is 32.1 Å². The average molecular weight is 778 g/mol. The van der Waals surface area contributed by atoms with Gasteiger partial charge in [0, 0.05) is 32.1 Å². The van der Waals surface area contributed by atoms with E-state index in [1.807, 2.05) is 32.8 Å². The van der Waals surface area contributed by atoms with E-state index in [4.69, 9.17) is 14.2 Å². The fourth-order valence-corrected chi connectivity index (χ4v) is 5.94. The average Bonchev–Trinajstić information content (AvgIpc) is 3.09. The summed E-state index contributed by atoms with van der Waals surface area (Å²) in [5.74, 6) is -6.73. The minimum atomic E-state index is -2.89. The minimum Gasteiger partial charge on any atom is -0.462 e. The molecule has 0 rings (SSSR count). The summed E-state index contributed by atoms with van der Waals surface area (Å²) in [4.78, 5) is 38.9. The molecule has 0 aromatic heterocycles. The number of unbranched alkanes of at least 4 members (excludes halogenated alkanes) is 12. The Labute approximate surface area is 325 Å². The molecule has 316 valence electrons. The van der Waals surface area contributed by atoms with Crippen molar-refractivity contribution in [1.82, 2.24) is 4.90 Å². The zero-order chi connectivity index (χ0) is 40.7. The maximum absolute atomic E-state index is 13.9. The van der Waals surface area contributed by atoms with Crippen LogP contribution in [0.3, 0.4) is 0 Å². The van der Waals surface area contributed by atoms with Crippen LogP contribution in [0.5, 0.6) is 0 Å². The lowest BCUT2D eigenvalue weighted by molar-refractivity contribution is -0.150. The third-order valence-corrected chi connectivity index (χ3v) is 9.18. The summed E-state index contributed by atoms with van der Waals surface area (Å²) in [7, 11) is 3.94. The van der Waals surface area contributed by atoms with Gasteiger partial charge in [0.2, 0.25) is 0 Å². The van der Waals surface area contributed by atoms with Gasteiger partial charge in [-0.05, 0) is 117 Å². The van der Waals surface area contributed by atoms with E-state index >= 15 is 0 Å². The SMILES string of the molecule is CCCCCC(F)(F)C=CC(C)OC(=O)CCCCCCCC(CCCCCCCC(=O)OC(C)C=CC(F)(F)CCCCC)OC(=O)CCCN(C)C. The zero-order valence-corrected chi connectivity index (χ0v) is 34.6. The molecule has 0 saturated heterocycles. The summed E-state index contributed by atoms with van der Waals surface area (Å²) in [5, 5.41) is 0. The van der Waals surface area contributed by atoms with Crippen LogP contribution in [0.15, 0.2) is 24.3 Å². The summed E-state index contributed by atoms with van der Waals surface area (Å²) in [5.41, 5.74) is 0. The molecule has 0 bridgehead atoms. The lowest BCUT2D eigenvalue weighted by Crippen LogP contribution is -2.20. The van der Waals surface area contributed by atoms with E-state index in [1.165, 1.54) is 12.2 Å². The maximum atomic E-state index is 13.9. The molecule has 0 aromatic rings. The molecular formula is C43H75F4NO6. The van der Waals surface area contributed by atoms with Gasteiger partial charge in [-0.3, -0.25) is 14.4 Å². The van der Waals surface area contributed by atoms with Crippen molar-refractivity contribution >= 4 is 17.9 Å². The Hall–Kier alpha value is -2.43. The standard InChI is InChI=1S/C43H75F4NO6/c1-7-9-21-31-42(44,45)33-29-36(3)52-39(49)26-19-15-11-13-17-24-38(54-41(51)28-23-35-48(5)6)25-18-14-12-16-20-27-40(50)53-37(4)30-34-43(46,47)32-22-10-8-2/h29-30,33-34,36-38H,7-28,31-32,35H2,1-6H3. The van der Waals surface area contributed by atoms with Gasteiger partial charge in [-0.1, -0.05) is 78.1 Å². The Kier molecular flexibility index (Phi) is 30.3. The van der Waals surface area contributed by atoms with E-state index < -0.39 is 24.1 Å². The zero-order valence-electron chi connectivity index (χ0n) is 34.6. The number of esters is 3. The monoisotopic (exact) mass is 778 g/mol. The second-order valence-corrected chi connectivity index (χ2v) is 15.2. The van der Waals surface area contributed by atoms with Crippen LogP contribution < -0.4 is 0 Å². The van der Waals surface area contributed by atoms with E-state index in [9.17, 15) is 31.9 Å². The molecule has 0 aliphatic heterocycles. The first-order chi connectivity index (χ1) is 25.6. The van der Waals surface area contributed by atoms with Gasteiger partial charge < -0.3 is 19.1 Å². The number of halogens is 4. The topological polar surface area (TPSA) is 82.1 Å². The number of carbonyl (C=O) groups is 3. The van der Waals surface area contributed by atoms with Gasteiger partial charge in [-0.25, -0.2) is 17.6 Å². The van der Waals surface area contributed by atoms with Crippen LogP contribution >= 0.6 is 0 Å². The Morgan fingerprint density at radius 3 is 1.31 bits per heavy atom. The smallest absolute Gasteiger partial charge is 0.306 e. The number of hydrogen-bond acceptors (Lipinski definition) is 7. The van der Waals surface area contributed by atoms with Gasteiger partial charge in [0.25, 0.3) is 11.8 Å². The van der Waals surface area contributed by atoms with E-state index in [2.05, 4.69) is 0 Å². The molecule has 0 heterocycles. The molecule has 0 aromatic carbocycles. The van der Waals surface area contributed by atoms with Crippen LogP contribution in [-0.2, 0) is 28.6 Å². The molecule has 0 radical (unpaired) electrons. The Morgan fingerprint density at radius 2 is 0.907 bits per heavy atom. The van der Waals surface area contributed by atoms with Crippen molar-refractivity contribution in [3.63, 3.8) is 0 Å². The normalized spacial score (nSPS) is 14.1. The highest BCUT2D eigenvalue weighted by Gasteiger charge is 2.25. The highest BCUT2D eigenvalue weighted by molar-refractivity contribution is 5.70. The Balaban J connectivity index is 4.43. The van der Waals surface area contributed by atoms with Gasteiger partial charge in [0.05, 0.1) is 0 Å². The molecule has 2 atom stereocenters. The molecule has 0 aliphatic carbocycles. The predicted octanol–water partition coefficient (Wildman–Crippen LogP) is 12.1. The van der Waals surface area contributed by atoms with E-state index in [0.717, 1.165) is 115 Å². The minimum absolute atomic E-state index is 0.149. The van der Waals surface area contributed by atoms with Crippen LogP contribution in [0.2, 0.25) is 0 Å². The quantitative estimate of drug-likeness (QED) is 0.0208. The van der Waals surface area contributed by atoms with Gasteiger partial charge in [-0.2, -0.15) is 0 Å². The summed E-state index contributed by atoms with van der Waals surface area (Å²) in [6, 6.07) is 0. The van der Waals surface area contributed by atoms with Crippen LogP contribution in [-0.4, -0.2) is 73.6 Å². The Morgan fingerprint density at radius 1 is 0.537 bits per heavy atom. The molecule has 0 saturated carbocycles. The summed E-state index contributed by atoms with van der Waals surface area (Å²) in [6.07, 6.45) is 18.3. The van der Waals surface area contributed by atoms with E-state index in [-0.39, 0.29) is 49.7 Å². The molecule has 11 heteroatoms. The van der Waals surface area contributed by atoms with Crippen molar-refractivity contribution < 1.29 is 46.2 Å². The van der Waals surface area contributed by atoms with Crippen LogP contribution in [0, 0.1) is 0 Å². The third kappa shape index (κ3) is 33.0. The number of nitrogens with zero attached hydrogens (tertiary/aromatic N) is 1. The van der Waals surface area contributed by atoms with Crippen LogP contribution in [0.1, 0.15) is 182 Å². The van der Waals surface area contributed by atoms with Crippen LogP contribution in [0.25, 0.3) is 0 Å². The van der Waals surface area contributed by atoms with Crippen molar-refractivity contribution in [2.45, 2.75) is 212 Å². The molecule has 0 fully saturated rings.